The Kier molecular flexibility index (Phi) is 9.62. The van der Waals surface area contributed by atoms with Crippen LogP contribution in [0.4, 0.5) is 29.3 Å². The Bertz CT molecular complexity index is 1930. The SMILES string of the molecule is COc1ccc(N(C(=O)Nc2ccc(F)cc2)C(C)c2nc3cc(F)c(F)cc3c(=O)n2N2CCN(C(=O)[C@@H]3CCCN3)CC2)c(OC)c1. The number of halogens is 3. The highest BCUT2D eigenvalue weighted by atomic mass is 19.2. The number of aromatic nitrogens is 2. The first-order valence-corrected chi connectivity index (χ1v) is 15.9. The van der Waals surface area contributed by atoms with Gasteiger partial charge in [0.2, 0.25) is 5.91 Å². The van der Waals surface area contributed by atoms with Crippen molar-refractivity contribution in [2.45, 2.75) is 31.8 Å². The van der Waals surface area contributed by atoms with Gasteiger partial charge in [0.05, 0.1) is 56.0 Å². The van der Waals surface area contributed by atoms with E-state index in [4.69, 9.17) is 9.47 Å². The van der Waals surface area contributed by atoms with Crippen LogP contribution in [0.2, 0.25) is 0 Å². The summed E-state index contributed by atoms with van der Waals surface area (Å²) in [6.45, 7) is 3.45. The molecule has 6 rings (SSSR count). The first kappa shape index (κ1) is 33.6. The Morgan fingerprint density at radius 2 is 1.69 bits per heavy atom. The number of nitrogens with zero attached hydrogens (tertiary/aromatic N) is 5. The van der Waals surface area contributed by atoms with E-state index in [1.54, 1.807) is 35.0 Å². The van der Waals surface area contributed by atoms with E-state index < -0.39 is 35.1 Å². The minimum Gasteiger partial charge on any atom is -0.497 e. The number of nitrogens with one attached hydrogen (secondary N) is 2. The molecule has 0 saturated carbocycles. The van der Waals surface area contributed by atoms with Crippen LogP contribution < -0.4 is 35.6 Å². The van der Waals surface area contributed by atoms with Gasteiger partial charge in [-0.1, -0.05) is 0 Å². The summed E-state index contributed by atoms with van der Waals surface area (Å²) in [5.74, 6) is -2.17. The molecule has 4 aromatic rings. The number of methoxy groups -OCH3 is 2. The van der Waals surface area contributed by atoms with Crippen molar-refractivity contribution in [2.75, 3.05) is 62.2 Å². The number of amides is 3. The topological polar surface area (TPSA) is 121 Å². The van der Waals surface area contributed by atoms with Crippen molar-refractivity contribution in [3.8, 4) is 11.5 Å². The average molecular weight is 680 g/mol. The summed E-state index contributed by atoms with van der Waals surface area (Å²) in [7, 11) is 2.90. The lowest BCUT2D eigenvalue weighted by atomic mass is 10.1. The predicted molar refractivity (Wildman–Crippen MR) is 177 cm³/mol. The second-order valence-electron chi connectivity index (χ2n) is 11.8. The molecule has 2 aliphatic heterocycles. The maximum Gasteiger partial charge on any atom is 0.327 e. The van der Waals surface area contributed by atoms with Crippen LogP contribution in [-0.2, 0) is 4.79 Å². The maximum atomic E-state index is 14.5. The first-order valence-electron chi connectivity index (χ1n) is 15.9. The van der Waals surface area contributed by atoms with Crippen molar-refractivity contribution in [2.24, 2.45) is 0 Å². The molecule has 3 heterocycles. The van der Waals surface area contributed by atoms with Crippen molar-refractivity contribution >= 4 is 34.2 Å². The molecule has 3 amide bonds. The number of carbonyl (C=O) groups is 2. The molecule has 12 nitrogen and oxygen atoms in total. The van der Waals surface area contributed by atoms with E-state index in [-0.39, 0.29) is 58.9 Å². The van der Waals surface area contributed by atoms with E-state index in [9.17, 15) is 27.6 Å². The summed E-state index contributed by atoms with van der Waals surface area (Å²) in [5, 5.41) is 7.50. The molecule has 2 N–H and O–H groups in total. The van der Waals surface area contributed by atoms with Crippen LogP contribution in [0.25, 0.3) is 10.9 Å². The number of benzene rings is 3. The molecular formula is C34H36F3N7O5. The van der Waals surface area contributed by atoms with Crippen LogP contribution in [-0.4, -0.2) is 79.5 Å². The zero-order valence-corrected chi connectivity index (χ0v) is 27.2. The van der Waals surface area contributed by atoms with Gasteiger partial charge in [-0.15, -0.1) is 0 Å². The number of hydrogen-bond acceptors (Lipinski definition) is 8. The number of anilines is 2. The molecule has 258 valence electrons. The zero-order valence-electron chi connectivity index (χ0n) is 27.2. The normalized spacial score (nSPS) is 16.8. The average Bonchev–Trinajstić information content (AvgIpc) is 3.65. The van der Waals surface area contributed by atoms with Gasteiger partial charge in [0.15, 0.2) is 17.5 Å². The largest absolute Gasteiger partial charge is 0.497 e. The van der Waals surface area contributed by atoms with E-state index in [0.29, 0.717) is 18.8 Å². The second kappa shape index (κ2) is 14.0. The number of carbonyl (C=O) groups excluding carboxylic acids is 2. The number of rotatable bonds is 8. The molecule has 2 saturated heterocycles. The van der Waals surface area contributed by atoms with Crippen molar-refractivity contribution < 1.29 is 32.2 Å². The van der Waals surface area contributed by atoms with Gasteiger partial charge in [0.25, 0.3) is 5.56 Å². The maximum absolute atomic E-state index is 14.5. The van der Waals surface area contributed by atoms with Crippen molar-refractivity contribution in [3.63, 3.8) is 0 Å². The first-order chi connectivity index (χ1) is 23.6. The Morgan fingerprint density at radius 1 is 0.980 bits per heavy atom. The molecule has 0 radical (unpaired) electrons. The molecule has 0 spiro atoms. The zero-order chi connectivity index (χ0) is 34.8. The fourth-order valence-electron chi connectivity index (χ4n) is 6.28. The molecule has 15 heteroatoms. The molecule has 0 aliphatic carbocycles. The molecule has 1 aromatic heterocycles. The molecule has 0 bridgehead atoms. The van der Waals surface area contributed by atoms with E-state index in [2.05, 4.69) is 15.6 Å². The monoisotopic (exact) mass is 679 g/mol. The van der Waals surface area contributed by atoms with Crippen LogP contribution in [0.5, 0.6) is 11.5 Å². The Hall–Kier alpha value is -5.31. The lowest BCUT2D eigenvalue weighted by Gasteiger charge is -2.39. The molecule has 49 heavy (non-hydrogen) atoms. The highest BCUT2D eigenvalue weighted by molar-refractivity contribution is 6.03. The lowest BCUT2D eigenvalue weighted by molar-refractivity contribution is -0.133. The summed E-state index contributed by atoms with van der Waals surface area (Å²) >= 11 is 0. The number of urea groups is 1. The molecule has 2 fully saturated rings. The summed E-state index contributed by atoms with van der Waals surface area (Å²) in [6, 6.07) is 9.64. The van der Waals surface area contributed by atoms with Gasteiger partial charge >= 0.3 is 6.03 Å². The van der Waals surface area contributed by atoms with E-state index in [0.717, 1.165) is 31.5 Å². The quantitative estimate of drug-likeness (QED) is 0.285. The van der Waals surface area contributed by atoms with Crippen molar-refractivity contribution in [1.29, 1.82) is 0 Å². The van der Waals surface area contributed by atoms with Gasteiger partial charge in [-0.3, -0.25) is 14.5 Å². The van der Waals surface area contributed by atoms with Gasteiger partial charge in [0.1, 0.15) is 17.3 Å². The van der Waals surface area contributed by atoms with Crippen LogP contribution in [0.15, 0.2) is 59.4 Å². The minimum atomic E-state index is -1.21. The second-order valence-corrected chi connectivity index (χ2v) is 11.8. The van der Waals surface area contributed by atoms with Gasteiger partial charge < -0.3 is 30.0 Å². The standard InChI is InChI=1S/C34H36F3N7O5/c1-20(43(29-11-10-23(48-2)17-30(29)49-3)34(47)39-22-8-6-21(35)7-9-22)31-40-28-19-26(37)25(36)18-24(28)32(45)44(31)42-15-13-41(14-16-42)33(46)27-5-4-12-38-27/h6-11,17-20,27,38H,4-5,12-16H2,1-3H3,(H,39,47)/t20?,27-/m0/s1. The Morgan fingerprint density at radius 3 is 2.35 bits per heavy atom. The van der Waals surface area contributed by atoms with E-state index in [1.165, 1.54) is 48.1 Å². The van der Waals surface area contributed by atoms with E-state index >= 15 is 0 Å². The van der Waals surface area contributed by atoms with Crippen molar-refractivity contribution in [3.05, 3.63) is 88.2 Å². The highest BCUT2D eigenvalue weighted by Crippen LogP contribution is 2.37. The molecule has 3 aromatic carbocycles. The van der Waals surface area contributed by atoms with Gasteiger partial charge in [-0.2, -0.15) is 0 Å². The molecule has 2 atom stereocenters. The third kappa shape index (κ3) is 6.70. The Balaban J connectivity index is 1.45. The number of fused-ring (bicyclic) bond motifs is 1. The third-order valence-electron chi connectivity index (χ3n) is 8.84. The third-order valence-corrected chi connectivity index (χ3v) is 8.84. The lowest BCUT2D eigenvalue weighted by Crippen LogP contribution is -2.58. The van der Waals surface area contributed by atoms with E-state index in [1.807, 2.05) is 0 Å². The number of hydrogen-bond donors (Lipinski definition) is 2. The van der Waals surface area contributed by atoms with Gasteiger partial charge in [-0.25, -0.2) is 27.6 Å². The van der Waals surface area contributed by atoms with Crippen LogP contribution in [0.3, 0.4) is 0 Å². The van der Waals surface area contributed by atoms with Gasteiger partial charge in [0, 0.05) is 30.9 Å². The molecular weight excluding hydrogens is 643 g/mol. The number of piperazine rings is 1. The van der Waals surface area contributed by atoms with Crippen LogP contribution in [0.1, 0.15) is 31.6 Å². The van der Waals surface area contributed by atoms with Crippen molar-refractivity contribution in [1.82, 2.24) is 19.9 Å². The summed E-state index contributed by atoms with van der Waals surface area (Å²) in [4.78, 5) is 49.2. The van der Waals surface area contributed by atoms with Crippen LogP contribution in [0, 0.1) is 17.5 Å². The molecule has 2 aliphatic rings. The van der Waals surface area contributed by atoms with Crippen LogP contribution >= 0.6 is 0 Å². The summed E-state index contributed by atoms with van der Waals surface area (Å²) < 4.78 is 54.9. The smallest absolute Gasteiger partial charge is 0.327 e. The molecule has 1 unspecified atom stereocenters. The predicted octanol–water partition coefficient (Wildman–Crippen LogP) is 4.16. The fraction of sp³-hybridized carbons (Fsp3) is 0.353. The summed E-state index contributed by atoms with van der Waals surface area (Å²) in [6.07, 6.45) is 1.67. The minimum absolute atomic E-state index is 0.0116. The fourth-order valence-corrected chi connectivity index (χ4v) is 6.28. The highest BCUT2D eigenvalue weighted by Gasteiger charge is 2.34. The summed E-state index contributed by atoms with van der Waals surface area (Å²) in [5.41, 5.74) is -0.233. The Labute approximate surface area is 280 Å². The van der Waals surface area contributed by atoms with Gasteiger partial charge in [-0.05, 0) is 68.8 Å². The number of ether oxygens (including phenoxy) is 2.